The summed E-state index contributed by atoms with van der Waals surface area (Å²) in [4.78, 5) is 16.6. The second-order valence-electron chi connectivity index (χ2n) is 7.49. The van der Waals surface area contributed by atoms with Crippen LogP contribution in [0.15, 0.2) is 78.0 Å². The first-order valence-electron chi connectivity index (χ1n) is 9.79. The number of hydrogen-bond acceptors (Lipinski definition) is 4. The molecular weight excluding hydrogens is 398 g/mol. The van der Waals surface area contributed by atoms with E-state index in [1.54, 1.807) is 24.5 Å². The lowest BCUT2D eigenvalue weighted by Gasteiger charge is -2.10. The average Bonchev–Trinajstić information content (AvgIpc) is 3.55. The number of nitrogens with zero attached hydrogens (tertiary/aromatic N) is 1. The SMILES string of the molecule is Cc1ccccc1CNS(=O)(=O)c1ccc(NC(=O)C2CC2c2ccncc2)cc1. The molecule has 1 heterocycles. The second-order valence-corrected chi connectivity index (χ2v) is 9.26. The molecule has 1 aromatic heterocycles. The highest BCUT2D eigenvalue weighted by Gasteiger charge is 2.43. The van der Waals surface area contributed by atoms with E-state index in [2.05, 4.69) is 15.0 Å². The Bertz CT molecular complexity index is 1150. The van der Waals surface area contributed by atoms with Crippen LogP contribution in [0.5, 0.6) is 0 Å². The van der Waals surface area contributed by atoms with E-state index >= 15 is 0 Å². The summed E-state index contributed by atoms with van der Waals surface area (Å²) in [5.74, 6) is 0.106. The van der Waals surface area contributed by atoms with Crippen molar-refractivity contribution < 1.29 is 13.2 Å². The van der Waals surface area contributed by atoms with E-state index in [1.165, 1.54) is 12.1 Å². The lowest BCUT2D eigenvalue weighted by molar-refractivity contribution is -0.117. The van der Waals surface area contributed by atoms with Gasteiger partial charge in [0.15, 0.2) is 0 Å². The van der Waals surface area contributed by atoms with Gasteiger partial charge in [-0.05, 0) is 72.4 Å². The molecule has 1 aliphatic carbocycles. The molecule has 30 heavy (non-hydrogen) atoms. The van der Waals surface area contributed by atoms with Crippen LogP contribution in [0.4, 0.5) is 5.69 Å². The average molecular weight is 422 g/mol. The van der Waals surface area contributed by atoms with E-state index in [0.717, 1.165) is 23.1 Å². The highest BCUT2D eigenvalue weighted by atomic mass is 32.2. The quantitative estimate of drug-likeness (QED) is 0.610. The van der Waals surface area contributed by atoms with Gasteiger partial charge in [-0.1, -0.05) is 24.3 Å². The van der Waals surface area contributed by atoms with Crippen LogP contribution in [0.2, 0.25) is 0 Å². The van der Waals surface area contributed by atoms with E-state index in [9.17, 15) is 13.2 Å². The minimum Gasteiger partial charge on any atom is -0.326 e. The standard InChI is InChI=1S/C23H23N3O3S/c1-16-4-2-3-5-18(16)15-25-30(28,29)20-8-6-19(7-9-20)26-23(27)22-14-21(22)17-10-12-24-13-11-17/h2-13,21-22,25H,14-15H2,1H3,(H,26,27). The Morgan fingerprint density at radius 1 is 1.03 bits per heavy atom. The third kappa shape index (κ3) is 4.58. The summed E-state index contributed by atoms with van der Waals surface area (Å²) >= 11 is 0. The van der Waals surface area contributed by atoms with Crippen LogP contribution in [0.3, 0.4) is 0 Å². The van der Waals surface area contributed by atoms with Crippen LogP contribution in [-0.4, -0.2) is 19.3 Å². The van der Waals surface area contributed by atoms with Crippen LogP contribution in [0, 0.1) is 12.8 Å². The molecule has 154 valence electrons. The molecule has 1 saturated carbocycles. The molecular formula is C23H23N3O3S. The van der Waals surface area contributed by atoms with Gasteiger partial charge >= 0.3 is 0 Å². The van der Waals surface area contributed by atoms with Crippen molar-refractivity contribution in [2.24, 2.45) is 5.92 Å². The minimum absolute atomic E-state index is 0.0508. The van der Waals surface area contributed by atoms with Crippen molar-refractivity contribution in [1.82, 2.24) is 9.71 Å². The molecule has 2 N–H and O–H groups in total. The van der Waals surface area contributed by atoms with Gasteiger partial charge in [0.2, 0.25) is 15.9 Å². The zero-order valence-electron chi connectivity index (χ0n) is 16.6. The second kappa shape index (κ2) is 8.38. The van der Waals surface area contributed by atoms with Gasteiger partial charge in [0.05, 0.1) is 4.90 Å². The summed E-state index contributed by atoms with van der Waals surface area (Å²) in [5, 5.41) is 2.88. The molecule has 2 unspecified atom stereocenters. The third-order valence-electron chi connectivity index (χ3n) is 5.41. The predicted molar refractivity (Wildman–Crippen MR) is 115 cm³/mol. The molecule has 0 bridgehead atoms. The number of rotatable bonds is 7. The number of carbonyl (C=O) groups is 1. The predicted octanol–water partition coefficient (Wildman–Crippen LogP) is 3.61. The number of sulfonamides is 1. The van der Waals surface area contributed by atoms with Gasteiger partial charge in [0.1, 0.15) is 0 Å². The van der Waals surface area contributed by atoms with E-state index < -0.39 is 10.0 Å². The first-order valence-corrected chi connectivity index (χ1v) is 11.3. The van der Waals surface area contributed by atoms with Crippen molar-refractivity contribution in [2.75, 3.05) is 5.32 Å². The van der Waals surface area contributed by atoms with Gasteiger partial charge in [0, 0.05) is 30.5 Å². The molecule has 2 atom stereocenters. The van der Waals surface area contributed by atoms with Crippen molar-refractivity contribution >= 4 is 21.6 Å². The fourth-order valence-electron chi connectivity index (χ4n) is 3.48. The molecule has 3 aromatic rings. The Morgan fingerprint density at radius 3 is 2.43 bits per heavy atom. The van der Waals surface area contributed by atoms with Crippen molar-refractivity contribution in [3.05, 3.63) is 89.7 Å². The van der Waals surface area contributed by atoms with Crippen LogP contribution in [-0.2, 0) is 21.4 Å². The monoisotopic (exact) mass is 421 g/mol. The smallest absolute Gasteiger partial charge is 0.240 e. The lowest BCUT2D eigenvalue weighted by Crippen LogP contribution is -2.23. The van der Waals surface area contributed by atoms with Crippen LogP contribution >= 0.6 is 0 Å². The van der Waals surface area contributed by atoms with E-state index in [4.69, 9.17) is 0 Å². The summed E-state index contributed by atoms with van der Waals surface area (Å²) in [6.45, 7) is 2.17. The van der Waals surface area contributed by atoms with Gasteiger partial charge in [-0.3, -0.25) is 9.78 Å². The van der Waals surface area contributed by atoms with E-state index in [-0.39, 0.29) is 29.2 Å². The molecule has 1 amide bonds. The summed E-state index contributed by atoms with van der Waals surface area (Å²) in [5.41, 5.74) is 3.66. The van der Waals surface area contributed by atoms with Crippen LogP contribution < -0.4 is 10.0 Å². The molecule has 1 aliphatic rings. The Balaban J connectivity index is 1.35. The number of aromatic nitrogens is 1. The summed E-state index contributed by atoms with van der Waals surface area (Å²) in [6.07, 6.45) is 4.27. The Kier molecular flexibility index (Phi) is 5.65. The largest absolute Gasteiger partial charge is 0.326 e. The van der Waals surface area contributed by atoms with E-state index in [1.807, 2.05) is 43.3 Å². The fraction of sp³-hybridized carbons (Fsp3) is 0.217. The summed E-state index contributed by atoms with van der Waals surface area (Å²) in [6, 6.07) is 17.7. The topological polar surface area (TPSA) is 88.2 Å². The zero-order valence-corrected chi connectivity index (χ0v) is 17.4. The Labute approximate surface area is 176 Å². The van der Waals surface area contributed by atoms with Gasteiger partial charge < -0.3 is 5.32 Å². The normalized spacial score (nSPS) is 18.0. The third-order valence-corrected chi connectivity index (χ3v) is 6.82. The number of pyridine rings is 1. The maximum absolute atomic E-state index is 12.6. The first kappa shape index (κ1) is 20.3. The molecule has 2 aromatic carbocycles. The molecule has 1 fully saturated rings. The maximum atomic E-state index is 12.6. The maximum Gasteiger partial charge on any atom is 0.240 e. The summed E-state index contributed by atoms with van der Waals surface area (Å²) < 4.78 is 27.8. The van der Waals surface area contributed by atoms with Gasteiger partial charge in [0.25, 0.3) is 0 Å². The Morgan fingerprint density at radius 2 is 1.73 bits per heavy atom. The van der Waals surface area contributed by atoms with Gasteiger partial charge in [-0.25, -0.2) is 13.1 Å². The summed E-state index contributed by atoms with van der Waals surface area (Å²) in [7, 11) is -3.64. The molecule has 0 saturated heterocycles. The lowest BCUT2D eigenvalue weighted by atomic mass is 10.1. The van der Waals surface area contributed by atoms with Crippen molar-refractivity contribution in [2.45, 2.75) is 30.7 Å². The zero-order chi connectivity index (χ0) is 21.1. The number of benzene rings is 2. The molecule has 7 heteroatoms. The van der Waals surface area contributed by atoms with E-state index in [0.29, 0.717) is 5.69 Å². The van der Waals surface area contributed by atoms with Gasteiger partial charge in [-0.15, -0.1) is 0 Å². The molecule has 0 spiro atoms. The molecule has 4 rings (SSSR count). The fourth-order valence-corrected chi connectivity index (χ4v) is 4.49. The Hall–Kier alpha value is -3.03. The molecule has 6 nitrogen and oxygen atoms in total. The molecule has 0 radical (unpaired) electrons. The number of aryl methyl sites for hydroxylation is 1. The van der Waals surface area contributed by atoms with Crippen molar-refractivity contribution in [3.63, 3.8) is 0 Å². The van der Waals surface area contributed by atoms with Gasteiger partial charge in [-0.2, -0.15) is 0 Å². The first-order chi connectivity index (χ1) is 14.4. The van der Waals surface area contributed by atoms with Crippen LogP contribution in [0.1, 0.15) is 29.0 Å². The number of carbonyl (C=O) groups excluding carboxylic acids is 1. The highest BCUT2D eigenvalue weighted by molar-refractivity contribution is 7.89. The molecule has 0 aliphatic heterocycles. The number of hydrogen-bond donors (Lipinski definition) is 2. The van der Waals surface area contributed by atoms with Crippen molar-refractivity contribution in [3.8, 4) is 0 Å². The number of anilines is 1. The number of nitrogens with one attached hydrogen (secondary N) is 2. The van der Waals surface area contributed by atoms with Crippen molar-refractivity contribution in [1.29, 1.82) is 0 Å². The van der Waals surface area contributed by atoms with Crippen LogP contribution in [0.25, 0.3) is 0 Å². The minimum atomic E-state index is -3.64. The highest BCUT2D eigenvalue weighted by Crippen LogP contribution is 2.47. The number of amides is 1.